The van der Waals surface area contributed by atoms with E-state index in [1.165, 1.54) is 16.9 Å². The Morgan fingerprint density at radius 3 is 2.48 bits per heavy atom. The van der Waals surface area contributed by atoms with E-state index in [4.69, 9.17) is 0 Å². The summed E-state index contributed by atoms with van der Waals surface area (Å²) < 4.78 is 0. The first-order valence-corrected chi connectivity index (χ1v) is 11.3. The van der Waals surface area contributed by atoms with E-state index in [9.17, 15) is 9.59 Å². The Hall–Kier alpha value is -3.22. The number of amides is 2. The molecule has 5 nitrogen and oxygen atoms in total. The number of nitrogens with one attached hydrogen (secondary N) is 1. The molecule has 31 heavy (non-hydrogen) atoms. The van der Waals surface area contributed by atoms with Crippen molar-refractivity contribution in [2.45, 2.75) is 0 Å². The molecule has 1 aromatic heterocycles. The van der Waals surface area contributed by atoms with Crippen molar-refractivity contribution in [3.63, 3.8) is 0 Å². The van der Waals surface area contributed by atoms with E-state index in [0.717, 1.165) is 19.6 Å². The van der Waals surface area contributed by atoms with Crippen LogP contribution in [0.3, 0.4) is 0 Å². The summed E-state index contributed by atoms with van der Waals surface area (Å²) in [6.07, 6.45) is 4.31. The lowest BCUT2D eigenvalue weighted by molar-refractivity contribution is 0.0650. The number of carbonyl (C=O) groups is 2. The first-order chi connectivity index (χ1) is 15.2. The third-order valence-electron chi connectivity index (χ3n) is 5.25. The summed E-state index contributed by atoms with van der Waals surface area (Å²) in [6.45, 7) is 3.97. The van der Waals surface area contributed by atoms with Gasteiger partial charge in [-0.3, -0.25) is 14.5 Å². The lowest BCUT2D eigenvalue weighted by Crippen LogP contribution is -2.48. The second-order valence-corrected chi connectivity index (χ2v) is 8.37. The molecular formula is C25H25N3O2S. The van der Waals surface area contributed by atoms with Crippen LogP contribution < -0.4 is 5.32 Å². The van der Waals surface area contributed by atoms with Crippen molar-refractivity contribution >= 4 is 34.9 Å². The Kier molecular flexibility index (Phi) is 6.92. The van der Waals surface area contributed by atoms with Gasteiger partial charge < -0.3 is 10.2 Å². The zero-order valence-corrected chi connectivity index (χ0v) is 18.1. The van der Waals surface area contributed by atoms with Gasteiger partial charge in [0.05, 0.1) is 4.88 Å². The third-order valence-corrected chi connectivity index (χ3v) is 6.11. The fourth-order valence-corrected chi connectivity index (χ4v) is 4.17. The molecule has 158 valence electrons. The number of benzene rings is 2. The van der Waals surface area contributed by atoms with Gasteiger partial charge in [0.2, 0.25) is 0 Å². The Morgan fingerprint density at radius 1 is 0.935 bits per heavy atom. The molecule has 0 spiro atoms. The van der Waals surface area contributed by atoms with E-state index in [0.29, 0.717) is 29.2 Å². The van der Waals surface area contributed by atoms with Crippen molar-refractivity contribution in [1.82, 2.24) is 9.80 Å². The summed E-state index contributed by atoms with van der Waals surface area (Å²) >= 11 is 1.39. The van der Waals surface area contributed by atoms with Crippen LogP contribution in [0.5, 0.6) is 0 Å². The lowest BCUT2D eigenvalue weighted by Gasteiger charge is -2.34. The molecule has 4 rings (SSSR count). The minimum absolute atomic E-state index is 0.00620. The van der Waals surface area contributed by atoms with Gasteiger partial charge in [-0.15, -0.1) is 11.3 Å². The lowest BCUT2D eigenvalue weighted by atomic mass is 10.1. The van der Waals surface area contributed by atoms with E-state index < -0.39 is 0 Å². The van der Waals surface area contributed by atoms with Crippen molar-refractivity contribution in [2.24, 2.45) is 0 Å². The number of carbonyl (C=O) groups excluding carboxylic acids is 2. The van der Waals surface area contributed by atoms with Crippen LogP contribution in [-0.4, -0.2) is 54.3 Å². The van der Waals surface area contributed by atoms with E-state index in [1.54, 1.807) is 24.3 Å². The minimum Gasteiger partial charge on any atom is -0.336 e. The summed E-state index contributed by atoms with van der Waals surface area (Å²) in [7, 11) is 0. The molecule has 3 aromatic rings. The largest absolute Gasteiger partial charge is 0.336 e. The second-order valence-electron chi connectivity index (χ2n) is 7.42. The van der Waals surface area contributed by atoms with Gasteiger partial charge in [-0.05, 0) is 35.2 Å². The quantitative estimate of drug-likeness (QED) is 0.626. The molecule has 0 bridgehead atoms. The van der Waals surface area contributed by atoms with Crippen molar-refractivity contribution < 1.29 is 9.59 Å². The van der Waals surface area contributed by atoms with Gasteiger partial charge in [0.15, 0.2) is 0 Å². The molecule has 1 aliphatic rings. The van der Waals surface area contributed by atoms with Gasteiger partial charge in [0.1, 0.15) is 0 Å². The highest BCUT2D eigenvalue weighted by atomic mass is 32.1. The van der Waals surface area contributed by atoms with Crippen LogP contribution in [0, 0.1) is 0 Å². The molecule has 1 saturated heterocycles. The third kappa shape index (κ3) is 5.69. The van der Waals surface area contributed by atoms with Gasteiger partial charge in [-0.1, -0.05) is 54.6 Å². The Morgan fingerprint density at radius 2 is 1.74 bits per heavy atom. The molecule has 0 aliphatic carbocycles. The number of anilines is 1. The van der Waals surface area contributed by atoms with Gasteiger partial charge >= 0.3 is 0 Å². The normalized spacial score (nSPS) is 14.6. The molecule has 1 fully saturated rings. The standard InChI is InChI=1S/C25H25N3O2S/c29-24(23-12-6-18-31-23)26-22-11-4-10-21(19-22)25(30)28-16-14-27(15-17-28)13-5-9-20-7-2-1-3-8-20/h1-12,18-19H,13-17H2,(H,26,29)/b9-5+. The zero-order valence-electron chi connectivity index (χ0n) is 17.2. The van der Waals surface area contributed by atoms with E-state index >= 15 is 0 Å². The first-order valence-electron chi connectivity index (χ1n) is 10.4. The first kappa shape index (κ1) is 21.0. The smallest absolute Gasteiger partial charge is 0.265 e. The van der Waals surface area contributed by atoms with Crippen LogP contribution in [0.1, 0.15) is 25.6 Å². The van der Waals surface area contributed by atoms with Crippen LogP contribution in [-0.2, 0) is 0 Å². The molecule has 2 amide bonds. The molecule has 1 N–H and O–H groups in total. The number of hydrogen-bond acceptors (Lipinski definition) is 4. The number of rotatable bonds is 6. The predicted octanol–water partition coefficient (Wildman–Crippen LogP) is 4.47. The van der Waals surface area contributed by atoms with Gasteiger partial charge in [0.25, 0.3) is 11.8 Å². The molecule has 0 saturated carbocycles. The average Bonchev–Trinajstić information content (AvgIpc) is 3.35. The molecule has 0 atom stereocenters. The van der Waals surface area contributed by atoms with Crippen molar-refractivity contribution in [3.05, 3.63) is 94.2 Å². The maximum atomic E-state index is 13.0. The van der Waals surface area contributed by atoms with Crippen LogP contribution in [0.4, 0.5) is 5.69 Å². The molecule has 0 unspecified atom stereocenters. The summed E-state index contributed by atoms with van der Waals surface area (Å²) in [4.78, 5) is 30.1. The van der Waals surface area contributed by atoms with Crippen molar-refractivity contribution in [1.29, 1.82) is 0 Å². The van der Waals surface area contributed by atoms with Crippen molar-refractivity contribution in [3.8, 4) is 0 Å². The Labute approximate surface area is 186 Å². The molecule has 6 heteroatoms. The van der Waals surface area contributed by atoms with E-state index in [-0.39, 0.29) is 11.8 Å². The van der Waals surface area contributed by atoms with E-state index in [1.807, 2.05) is 40.6 Å². The van der Waals surface area contributed by atoms with E-state index in [2.05, 4.69) is 34.5 Å². The maximum Gasteiger partial charge on any atom is 0.265 e. The number of piperazine rings is 1. The zero-order chi connectivity index (χ0) is 21.5. The van der Waals surface area contributed by atoms with Crippen molar-refractivity contribution in [2.75, 3.05) is 38.0 Å². The summed E-state index contributed by atoms with van der Waals surface area (Å²) in [5, 5.41) is 4.74. The fourth-order valence-electron chi connectivity index (χ4n) is 3.55. The molecular weight excluding hydrogens is 406 g/mol. The second kappa shape index (κ2) is 10.2. The summed E-state index contributed by atoms with van der Waals surface area (Å²) in [6, 6.07) is 21.1. The molecule has 0 radical (unpaired) electrons. The van der Waals surface area contributed by atoms with Crippen LogP contribution in [0.15, 0.2) is 78.2 Å². The average molecular weight is 432 g/mol. The number of thiophene rings is 1. The number of nitrogens with zero attached hydrogens (tertiary/aromatic N) is 2. The highest BCUT2D eigenvalue weighted by Crippen LogP contribution is 2.17. The highest BCUT2D eigenvalue weighted by molar-refractivity contribution is 7.12. The summed E-state index contributed by atoms with van der Waals surface area (Å²) in [5.41, 5.74) is 2.43. The predicted molar refractivity (Wildman–Crippen MR) is 127 cm³/mol. The van der Waals surface area contributed by atoms with Crippen LogP contribution >= 0.6 is 11.3 Å². The summed E-state index contributed by atoms with van der Waals surface area (Å²) in [5.74, 6) is -0.150. The molecule has 1 aliphatic heterocycles. The number of hydrogen-bond donors (Lipinski definition) is 1. The maximum absolute atomic E-state index is 13.0. The topological polar surface area (TPSA) is 52.7 Å². The van der Waals surface area contributed by atoms with Crippen LogP contribution in [0.2, 0.25) is 0 Å². The van der Waals surface area contributed by atoms with Gasteiger partial charge in [0, 0.05) is 44.0 Å². The fraction of sp³-hybridized carbons (Fsp3) is 0.200. The minimum atomic E-state index is -0.156. The molecule has 2 aromatic carbocycles. The Bertz CT molecular complexity index is 1040. The molecule has 2 heterocycles. The Balaban J connectivity index is 1.29. The van der Waals surface area contributed by atoms with Gasteiger partial charge in [-0.2, -0.15) is 0 Å². The monoisotopic (exact) mass is 431 g/mol. The highest BCUT2D eigenvalue weighted by Gasteiger charge is 2.22. The van der Waals surface area contributed by atoms with Crippen LogP contribution in [0.25, 0.3) is 6.08 Å². The SMILES string of the molecule is O=C(Nc1cccc(C(=O)N2CCN(C/C=C/c3ccccc3)CC2)c1)c1cccs1. The van der Waals surface area contributed by atoms with Gasteiger partial charge in [-0.25, -0.2) is 0 Å².